The molecular formula is C17H15ClN2O5. The number of rotatable bonds is 4. The summed E-state index contributed by atoms with van der Waals surface area (Å²) in [6.45, 7) is 0. The summed E-state index contributed by atoms with van der Waals surface area (Å²) in [6.07, 6.45) is 0. The van der Waals surface area contributed by atoms with E-state index in [1.807, 2.05) is 6.07 Å². The van der Waals surface area contributed by atoms with Crippen LogP contribution < -0.4 is 5.73 Å². The van der Waals surface area contributed by atoms with Gasteiger partial charge in [0, 0.05) is 0 Å². The molecule has 130 valence electrons. The topological polar surface area (TPSA) is 112 Å². The minimum absolute atomic E-state index is 0.0403. The number of halogens is 1. The van der Waals surface area contributed by atoms with Crippen LogP contribution in [0.25, 0.3) is 0 Å². The summed E-state index contributed by atoms with van der Waals surface area (Å²) >= 11 is 5.88. The number of alkyl halides is 1. The van der Waals surface area contributed by atoms with E-state index >= 15 is 0 Å². The highest BCUT2D eigenvalue weighted by atomic mass is 35.5. The first-order valence-corrected chi connectivity index (χ1v) is 7.65. The van der Waals surface area contributed by atoms with Crippen molar-refractivity contribution in [3.05, 3.63) is 58.2 Å². The van der Waals surface area contributed by atoms with E-state index in [1.54, 1.807) is 24.3 Å². The molecule has 1 atom stereocenters. The fourth-order valence-electron chi connectivity index (χ4n) is 2.54. The van der Waals surface area contributed by atoms with Gasteiger partial charge >= 0.3 is 11.9 Å². The van der Waals surface area contributed by atoms with Crippen LogP contribution in [-0.2, 0) is 23.8 Å². The second kappa shape index (κ2) is 7.73. The van der Waals surface area contributed by atoms with Crippen molar-refractivity contribution in [2.45, 2.75) is 5.92 Å². The summed E-state index contributed by atoms with van der Waals surface area (Å²) in [5, 5.41) is 8.94. The third-order valence-corrected chi connectivity index (χ3v) is 3.92. The van der Waals surface area contributed by atoms with Crippen LogP contribution in [0.15, 0.2) is 47.1 Å². The van der Waals surface area contributed by atoms with Gasteiger partial charge in [0.15, 0.2) is 0 Å². The molecule has 0 aliphatic carbocycles. The molecule has 2 N–H and O–H groups in total. The lowest BCUT2D eigenvalue weighted by Gasteiger charge is -2.28. The van der Waals surface area contributed by atoms with E-state index in [0.717, 1.165) is 0 Å². The summed E-state index contributed by atoms with van der Waals surface area (Å²) in [7, 11) is 2.40. The number of hydrogen-bond donors (Lipinski definition) is 1. The van der Waals surface area contributed by atoms with E-state index in [9.17, 15) is 9.59 Å². The number of nitrogens with zero attached hydrogens (tertiary/aromatic N) is 1. The van der Waals surface area contributed by atoms with Gasteiger partial charge in [0.1, 0.15) is 11.3 Å². The predicted octanol–water partition coefficient (Wildman–Crippen LogP) is 1.68. The molecule has 0 saturated heterocycles. The number of carbonyl (C=O) groups excluding carboxylic acids is 2. The highest BCUT2D eigenvalue weighted by Gasteiger charge is 2.40. The average Bonchev–Trinajstić information content (AvgIpc) is 2.65. The molecule has 1 aliphatic rings. The van der Waals surface area contributed by atoms with E-state index in [-0.39, 0.29) is 28.7 Å². The van der Waals surface area contributed by atoms with Gasteiger partial charge in [0.05, 0.1) is 43.2 Å². The lowest BCUT2D eigenvalue weighted by Crippen LogP contribution is -2.30. The Morgan fingerprint density at radius 1 is 1.20 bits per heavy atom. The number of nitriles is 1. The monoisotopic (exact) mass is 362 g/mol. The van der Waals surface area contributed by atoms with Crippen LogP contribution in [0.4, 0.5) is 0 Å². The Hall–Kier alpha value is -2.98. The molecule has 0 aromatic heterocycles. The summed E-state index contributed by atoms with van der Waals surface area (Å²) in [6, 6.07) is 8.34. The SMILES string of the molecule is COC(=O)C1=C(N)OC(CCl)=C(C(=O)OC)[C@@H]1c1ccc(C#N)cc1. The molecule has 0 fully saturated rings. The number of ether oxygens (including phenoxy) is 3. The number of esters is 2. The first-order chi connectivity index (χ1) is 12.0. The molecule has 2 rings (SSSR count). The fraction of sp³-hybridized carbons (Fsp3) is 0.235. The van der Waals surface area contributed by atoms with E-state index < -0.39 is 17.9 Å². The second-order valence-corrected chi connectivity index (χ2v) is 5.27. The van der Waals surface area contributed by atoms with Gasteiger partial charge < -0.3 is 19.9 Å². The van der Waals surface area contributed by atoms with Crippen molar-refractivity contribution in [1.82, 2.24) is 0 Å². The third kappa shape index (κ3) is 3.44. The zero-order chi connectivity index (χ0) is 18.6. The van der Waals surface area contributed by atoms with E-state index in [2.05, 4.69) is 0 Å². The Morgan fingerprint density at radius 2 is 1.76 bits per heavy atom. The van der Waals surface area contributed by atoms with Gasteiger partial charge in [-0.1, -0.05) is 12.1 Å². The quantitative estimate of drug-likeness (QED) is 0.640. The third-order valence-electron chi connectivity index (χ3n) is 3.68. The second-order valence-electron chi connectivity index (χ2n) is 5.00. The molecule has 1 aromatic rings. The smallest absolute Gasteiger partial charge is 0.340 e. The highest BCUT2D eigenvalue weighted by Crippen LogP contribution is 2.40. The number of nitrogens with two attached hydrogens (primary N) is 1. The largest absolute Gasteiger partial charge is 0.466 e. The summed E-state index contributed by atoms with van der Waals surface area (Å²) < 4.78 is 14.9. The maximum Gasteiger partial charge on any atom is 0.340 e. The van der Waals surface area contributed by atoms with Crippen LogP contribution in [0, 0.1) is 11.3 Å². The van der Waals surface area contributed by atoms with Gasteiger partial charge in [-0.15, -0.1) is 11.6 Å². The van der Waals surface area contributed by atoms with Gasteiger partial charge in [-0.05, 0) is 17.7 Å². The number of carbonyl (C=O) groups is 2. The molecule has 0 unspecified atom stereocenters. The van der Waals surface area contributed by atoms with Crippen LogP contribution in [0.1, 0.15) is 17.0 Å². The number of benzene rings is 1. The standard InChI is InChI=1S/C17H15ClN2O5/c1-23-16(21)13-11(7-18)25-15(20)14(17(22)24-2)12(13)10-5-3-9(8-19)4-6-10/h3-6,12H,7,20H2,1-2H3/t12-/m0/s1. The van der Waals surface area contributed by atoms with Crippen molar-refractivity contribution in [3.8, 4) is 6.07 Å². The van der Waals surface area contributed by atoms with Crippen LogP contribution in [0.5, 0.6) is 0 Å². The van der Waals surface area contributed by atoms with Crippen molar-refractivity contribution >= 4 is 23.5 Å². The molecule has 1 aromatic carbocycles. The number of allylic oxidation sites excluding steroid dienone is 1. The van der Waals surface area contributed by atoms with Gasteiger partial charge in [-0.3, -0.25) is 0 Å². The molecular weight excluding hydrogens is 348 g/mol. The highest BCUT2D eigenvalue weighted by molar-refractivity contribution is 6.19. The average molecular weight is 363 g/mol. The maximum atomic E-state index is 12.3. The van der Waals surface area contributed by atoms with Crippen molar-refractivity contribution in [1.29, 1.82) is 5.26 Å². The van der Waals surface area contributed by atoms with Crippen molar-refractivity contribution in [3.63, 3.8) is 0 Å². The molecule has 0 saturated carbocycles. The molecule has 7 nitrogen and oxygen atoms in total. The number of methoxy groups -OCH3 is 2. The Morgan fingerprint density at radius 3 is 2.24 bits per heavy atom. The molecule has 0 bridgehead atoms. The lowest BCUT2D eigenvalue weighted by molar-refractivity contribution is -0.137. The molecule has 0 radical (unpaired) electrons. The van der Waals surface area contributed by atoms with E-state index in [0.29, 0.717) is 11.1 Å². The molecule has 1 aliphatic heterocycles. The predicted molar refractivity (Wildman–Crippen MR) is 88.0 cm³/mol. The van der Waals surface area contributed by atoms with Crippen LogP contribution in [-0.4, -0.2) is 32.0 Å². The molecule has 8 heteroatoms. The maximum absolute atomic E-state index is 12.3. The summed E-state index contributed by atoms with van der Waals surface area (Å²) in [5.41, 5.74) is 6.84. The van der Waals surface area contributed by atoms with Crippen molar-refractivity contribution in [2.75, 3.05) is 20.1 Å². The van der Waals surface area contributed by atoms with E-state index in [1.165, 1.54) is 14.2 Å². The Labute approximate surface area is 149 Å². The first kappa shape index (κ1) is 18.4. The van der Waals surface area contributed by atoms with Crippen LogP contribution in [0.2, 0.25) is 0 Å². The zero-order valence-electron chi connectivity index (χ0n) is 13.5. The Kier molecular flexibility index (Phi) is 5.67. The summed E-state index contributed by atoms with van der Waals surface area (Å²) in [5.74, 6) is -2.61. The molecule has 0 amide bonds. The minimum Gasteiger partial charge on any atom is -0.466 e. The minimum atomic E-state index is -0.893. The van der Waals surface area contributed by atoms with E-state index in [4.69, 9.17) is 36.8 Å². The Balaban J connectivity index is 2.71. The molecule has 25 heavy (non-hydrogen) atoms. The lowest BCUT2D eigenvalue weighted by atomic mass is 9.82. The van der Waals surface area contributed by atoms with Gasteiger partial charge in [-0.25, -0.2) is 9.59 Å². The molecule has 0 spiro atoms. The molecule has 1 heterocycles. The van der Waals surface area contributed by atoms with Crippen LogP contribution in [0.3, 0.4) is 0 Å². The van der Waals surface area contributed by atoms with Gasteiger partial charge in [0.2, 0.25) is 5.88 Å². The first-order valence-electron chi connectivity index (χ1n) is 7.11. The Bertz CT molecular complexity index is 805. The number of hydrogen-bond acceptors (Lipinski definition) is 7. The van der Waals surface area contributed by atoms with Crippen LogP contribution >= 0.6 is 11.6 Å². The van der Waals surface area contributed by atoms with Gasteiger partial charge in [-0.2, -0.15) is 5.26 Å². The fourth-order valence-corrected chi connectivity index (χ4v) is 2.74. The van der Waals surface area contributed by atoms with Crippen molar-refractivity contribution in [2.24, 2.45) is 5.73 Å². The normalized spacial score (nSPS) is 16.8. The van der Waals surface area contributed by atoms with Gasteiger partial charge in [0.25, 0.3) is 0 Å². The van der Waals surface area contributed by atoms with Crippen molar-refractivity contribution < 1.29 is 23.8 Å². The zero-order valence-corrected chi connectivity index (χ0v) is 14.3. The summed E-state index contributed by atoms with van der Waals surface area (Å²) in [4.78, 5) is 24.6.